The van der Waals surface area contributed by atoms with E-state index in [4.69, 9.17) is 4.74 Å². The molecule has 0 unspecified atom stereocenters. The van der Waals surface area contributed by atoms with Gasteiger partial charge in [0.2, 0.25) is 0 Å². The van der Waals surface area contributed by atoms with E-state index < -0.39 is 0 Å². The standard InChI is InChI=1S/C7H11NO/c1-4-5-8-7(2)6-9-3/h4-5H,1-2,6H2,3H3. The molecule has 0 rings (SSSR count). The maximum absolute atomic E-state index is 4.75. The fourth-order valence-corrected chi connectivity index (χ4v) is 0.362. The molecule has 0 aliphatic heterocycles. The normalized spacial score (nSPS) is 9.89. The van der Waals surface area contributed by atoms with Crippen molar-refractivity contribution < 1.29 is 4.74 Å². The number of nitrogens with zero attached hydrogens (tertiary/aromatic N) is 1. The van der Waals surface area contributed by atoms with Gasteiger partial charge in [-0.15, -0.1) is 0 Å². The first kappa shape index (κ1) is 8.11. The van der Waals surface area contributed by atoms with Gasteiger partial charge in [-0.3, -0.25) is 4.99 Å². The van der Waals surface area contributed by atoms with E-state index in [1.165, 1.54) is 0 Å². The number of hydrogen-bond acceptors (Lipinski definition) is 2. The van der Waals surface area contributed by atoms with Gasteiger partial charge in [0, 0.05) is 13.3 Å². The molecule has 0 aliphatic rings. The highest BCUT2D eigenvalue weighted by Gasteiger charge is 1.82. The minimum absolute atomic E-state index is 0.477. The predicted molar refractivity (Wildman–Crippen MR) is 39.7 cm³/mol. The summed E-state index contributed by atoms with van der Waals surface area (Å²) in [6, 6.07) is 0. The molecule has 2 nitrogen and oxygen atoms in total. The largest absolute Gasteiger partial charge is 0.378 e. The molecule has 0 heterocycles. The third kappa shape index (κ3) is 4.97. The van der Waals surface area contributed by atoms with Crippen LogP contribution in [0.1, 0.15) is 0 Å². The van der Waals surface area contributed by atoms with Crippen molar-refractivity contribution in [1.82, 2.24) is 0 Å². The van der Waals surface area contributed by atoms with Gasteiger partial charge < -0.3 is 4.74 Å². The zero-order chi connectivity index (χ0) is 7.11. The van der Waals surface area contributed by atoms with Crippen LogP contribution < -0.4 is 0 Å². The van der Waals surface area contributed by atoms with Crippen LogP contribution in [0, 0.1) is 0 Å². The lowest BCUT2D eigenvalue weighted by Crippen LogP contribution is -1.88. The van der Waals surface area contributed by atoms with Crippen molar-refractivity contribution in [3.05, 3.63) is 24.9 Å². The molecule has 0 fully saturated rings. The Kier molecular flexibility index (Phi) is 4.73. The number of hydrogen-bond donors (Lipinski definition) is 0. The van der Waals surface area contributed by atoms with Gasteiger partial charge in [-0.25, -0.2) is 0 Å². The predicted octanol–water partition coefficient (Wildman–Crippen LogP) is 1.40. The topological polar surface area (TPSA) is 21.6 Å². The van der Waals surface area contributed by atoms with Crippen LogP contribution in [0.5, 0.6) is 0 Å². The zero-order valence-corrected chi connectivity index (χ0v) is 5.63. The van der Waals surface area contributed by atoms with Crippen LogP contribution in [0.3, 0.4) is 0 Å². The van der Waals surface area contributed by atoms with Gasteiger partial charge >= 0.3 is 0 Å². The van der Waals surface area contributed by atoms with Crippen LogP contribution in [0.25, 0.3) is 0 Å². The lowest BCUT2D eigenvalue weighted by atomic mass is 10.5. The Morgan fingerprint density at radius 3 is 2.89 bits per heavy atom. The quantitative estimate of drug-likeness (QED) is 0.520. The second-order valence-electron chi connectivity index (χ2n) is 1.51. The lowest BCUT2D eigenvalue weighted by molar-refractivity contribution is 0.225. The smallest absolute Gasteiger partial charge is 0.0878 e. The number of ether oxygens (including phenoxy) is 1. The lowest BCUT2D eigenvalue weighted by Gasteiger charge is -1.93. The van der Waals surface area contributed by atoms with E-state index in [-0.39, 0.29) is 0 Å². The molecule has 0 spiro atoms. The molecule has 0 amide bonds. The molecule has 0 N–H and O–H groups in total. The van der Waals surface area contributed by atoms with Crippen molar-refractivity contribution in [3.63, 3.8) is 0 Å². The van der Waals surface area contributed by atoms with E-state index in [2.05, 4.69) is 18.2 Å². The Morgan fingerprint density at radius 1 is 1.78 bits per heavy atom. The van der Waals surface area contributed by atoms with Gasteiger partial charge in [-0.2, -0.15) is 0 Å². The van der Waals surface area contributed by atoms with E-state index in [1.807, 2.05) is 0 Å². The molecule has 50 valence electrons. The summed E-state index contributed by atoms with van der Waals surface area (Å²) in [6.07, 6.45) is 3.18. The van der Waals surface area contributed by atoms with Crippen molar-refractivity contribution in [2.24, 2.45) is 4.99 Å². The molecule has 0 aromatic carbocycles. The fourth-order valence-electron chi connectivity index (χ4n) is 0.362. The number of allylic oxidation sites excluding steroid dienone is 1. The molecule has 2 heteroatoms. The summed E-state index contributed by atoms with van der Waals surface area (Å²) in [5.74, 6) is 0. The van der Waals surface area contributed by atoms with E-state index >= 15 is 0 Å². The third-order valence-electron chi connectivity index (χ3n) is 0.673. The Labute approximate surface area is 55.6 Å². The van der Waals surface area contributed by atoms with Crippen LogP contribution in [-0.2, 0) is 4.74 Å². The minimum Gasteiger partial charge on any atom is -0.378 e. The number of methoxy groups -OCH3 is 1. The van der Waals surface area contributed by atoms with Crippen molar-refractivity contribution >= 4 is 6.21 Å². The van der Waals surface area contributed by atoms with E-state index in [1.54, 1.807) is 19.4 Å². The maximum Gasteiger partial charge on any atom is 0.0878 e. The second kappa shape index (κ2) is 5.25. The number of rotatable bonds is 4. The molecule has 0 aliphatic carbocycles. The number of aliphatic imine (C=N–C) groups is 1. The van der Waals surface area contributed by atoms with Gasteiger partial charge in [0.05, 0.1) is 12.3 Å². The van der Waals surface area contributed by atoms with Crippen LogP contribution in [0.2, 0.25) is 0 Å². The third-order valence-corrected chi connectivity index (χ3v) is 0.673. The molecule has 9 heavy (non-hydrogen) atoms. The summed E-state index contributed by atoms with van der Waals surface area (Å²) in [5.41, 5.74) is 0.706. The summed E-state index contributed by atoms with van der Waals surface area (Å²) >= 11 is 0. The first-order valence-corrected chi connectivity index (χ1v) is 2.63. The van der Waals surface area contributed by atoms with Crippen molar-refractivity contribution in [2.45, 2.75) is 0 Å². The highest BCUT2D eigenvalue weighted by Crippen LogP contribution is 1.89. The summed E-state index contributed by atoms with van der Waals surface area (Å²) in [6.45, 7) is 7.55. The minimum atomic E-state index is 0.477. The molecule has 0 atom stereocenters. The molecular weight excluding hydrogens is 114 g/mol. The SMILES string of the molecule is C=CC=NC(=C)COC. The Bertz CT molecular complexity index is 127. The highest BCUT2D eigenvalue weighted by molar-refractivity contribution is 5.71. The van der Waals surface area contributed by atoms with Crippen LogP contribution >= 0.6 is 0 Å². The zero-order valence-electron chi connectivity index (χ0n) is 5.63. The van der Waals surface area contributed by atoms with Crippen LogP contribution in [0.15, 0.2) is 29.9 Å². The van der Waals surface area contributed by atoms with E-state index in [9.17, 15) is 0 Å². The molecule has 0 saturated carbocycles. The van der Waals surface area contributed by atoms with Crippen molar-refractivity contribution in [1.29, 1.82) is 0 Å². The maximum atomic E-state index is 4.75. The first-order valence-electron chi connectivity index (χ1n) is 2.63. The van der Waals surface area contributed by atoms with E-state index in [0.29, 0.717) is 12.3 Å². The Balaban J connectivity index is 3.49. The molecular formula is C7H11NO. The van der Waals surface area contributed by atoms with Crippen LogP contribution in [0.4, 0.5) is 0 Å². The van der Waals surface area contributed by atoms with Crippen molar-refractivity contribution in [3.8, 4) is 0 Å². The van der Waals surface area contributed by atoms with Gasteiger partial charge in [0.25, 0.3) is 0 Å². The average Bonchev–Trinajstić information content (AvgIpc) is 1.85. The fraction of sp³-hybridized carbons (Fsp3) is 0.286. The Hall–Kier alpha value is -0.890. The van der Waals surface area contributed by atoms with Gasteiger partial charge in [0.15, 0.2) is 0 Å². The first-order chi connectivity index (χ1) is 4.31. The molecule has 0 bridgehead atoms. The average molecular weight is 125 g/mol. The Morgan fingerprint density at radius 2 is 2.44 bits per heavy atom. The summed E-state index contributed by atoms with van der Waals surface area (Å²) in [7, 11) is 1.61. The molecule has 0 saturated heterocycles. The molecule has 0 aromatic heterocycles. The summed E-state index contributed by atoms with van der Waals surface area (Å²) in [5, 5.41) is 0. The van der Waals surface area contributed by atoms with Gasteiger partial charge in [-0.1, -0.05) is 19.2 Å². The molecule has 0 radical (unpaired) electrons. The van der Waals surface area contributed by atoms with Crippen LogP contribution in [-0.4, -0.2) is 19.9 Å². The van der Waals surface area contributed by atoms with E-state index in [0.717, 1.165) is 0 Å². The second-order valence-corrected chi connectivity index (χ2v) is 1.51. The van der Waals surface area contributed by atoms with Crippen molar-refractivity contribution in [2.75, 3.05) is 13.7 Å². The van der Waals surface area contributed by atoms with Gasteiger partial charge in [0.1, 0.15) is 0 Å². The molecule has 0 aromatic rings. The summed E-state index contributed by atoms with van der Waals surface area (Å²) < 4.78 is 4.75. The monoisotopic (exact) mass is 125 g/mol. The van der Waals surface area contributed by atoms with Gasteiger partial charge in [-0.05, 0) is 0 Å². The summed E-state index contributed by atoms with van der Waals surface area (Å²) in [4.78, 5) is 3.87. The highest BCUT2D eigenvalue weighted by atomic mass is 16.5.